The van der Waals surface area contributed by atoms with Crippen molar-refractivity contribution in [3.63, 3.8) is 0 Å². The Kier molecular flexibility index (Phi) is 40.0. The largest absolute Gasteiger partial charge is 0.466 e. The van der Waals surface area contributed by atoms with E-state index < -0.39 is 0 Å². The summed E-state index contributed by atoms with van der Waals surface area (Å²) in [4.78, 5) is 27.2. The lowest BCUT2D eigenvalue weighted by atomic mass is 10.1. The summed E-state index contributed by atoms with van der Waals surface area (Å²) in [6.07, 6.45) is 31.8. The summed E-state index contributed by atoms with van der Waals surface area (Å²) < 4.78 is 23.2. The molecule has 1 atom stereocenters. The van der Waals surface area contributed by atoms with Crippen molar-refractivity contribution < 1.29 is 28.5 Å². The highest BCUT2D eigenvalue weighted by Gasteiger charge is 2.15. The summed E-state index contributed by atoms with van der Waals surface area (Å²) in [5.41, 5.74) is 5.93. The molecule has 8 nitrogen and oxygen atoms in total. The Labute approximate surface area is 322 Å². The quantitative estimate of drug-likeness (QED) is 0.0375. The molecule has 0 aliphatic carbocycles. The Bertz CT molecular complexity index is 736. The standard InChI is InChI=1S/C44H88N2O6/c1-5-8-11-14-17-18-19-22-26-37-49-42(47)31-24-23-30-41(4)46(36-34-45)35-25-29-38-50-43(48)32-33-44(51-39-27-20-15-12-9-6-2)52-40-28-21-16-13-10-7-3/h41,44H,5-40,45H2,1-4H3. The first-order valence-electron chi connectivity index (χ1n) is 22.5. The molecule has 0 saturated carbocycles. The van der Waals surface area contributed by atoms with Gasteiger partial charge >= 0.3 is 11.9 Å². The van der Waals surface area contributed by atoms with Crippen LogP contribution < -0.4 is 5.73 Å². The van der Waals surface area contributed by atoms with Gasteiger partial charge in [0.2, 0.25) is 0 Å². The van der Waals surface area contributed by atoms with E-state index >= 15 is 0 Å². The lowest BCUT2D eigenvalue weighted by Gasteiger charge is -2.28. The van der Waals surface area contributed by atoms with Gasteiger partial charge in [0.05, 0.1) is 19.6 Å². The van der Waals surface area contributed by atoms with Gasteiger partial charge in [0.15, 0.2) is 6.29 Å². The van der Waals surface area contributed by atoms with E-state index in [9.17, 15) is 9.59 Å². The van der Waals surface area contributed by atoms with E-state index in [0.717, 1.165) is 70.9 Å². The number of hydrogen-bond donors (Lipinski definition) is 1. The lowest BCUT2D eigenvalue weighted by molar-refractivity contribution is -0.159. The topological polar surface area (TPSA) is 100 Å². The van der Waals surface area contributed by atoms with Gasteiger partial charge in [-0.1, -0.05) is 143 Å². The second-order valence-electron chi connectivity index (χ2n) is 15.1. The first-order valence-corrected chi connectivity index (χ1v) is 22.5. The van der Waals surface area contributed by atoms with Gasteiger partial charge in [-0.05, 0) is 58.4 Å². The number of nitrogens with two attached hydrogens (primary N) is 1. The number of carbonyl (C=O) groups is 2. The second-order valence-corrected chi connectivity index (χ2v) is 15.1. The van der Waals surface area contributed by atoms with Crippen molar-refractivity contribution in [2.45, 2.75) is 226 Å². The molecule has 310 valence electrons. The van der Waals surface area contributed by atoms with Crippen LogP contribution in [-0.2, 0) is 28.5 Å². The molecule has 1 unspecified atom stereocenters. The van der Waals surface area contributed by atoms with Gasteiger partial charge < -0.3 is 24.7 Å². The Morgan fingerprint density at radius 1 is 0.481 bits per heavy atom. The van der Waals surface area contributed by atoms with Crippen LogP contribution >= 0.6 is 0 Å². The van der Waals surface area contributed by atoms with Crippen molar-refractivity contribution >= 4 is 11.9 Å². The summed E-state index contributed by atoms with van der Waals surface area (Å²) in [6, 6.07) is 0.397. The zero-order valence-corrected chi connectivity index (χ0v) is 35.1. The molecule has 0 fully saturated rings. The van der Waals surface area contributed by atoms with Crippen LogP contribution in [0.3, 0.4) is 0 Å². The Morgan fingerprint density at radius 2 is 0.904 bits per heavy atom. The molecule has 0 saturated heterocycles. The molecular weight excluding hydrogens is 652 g/mol. The van der Waals surface area contributed by atoms with Gasteiger partial charge in [-0.15, -0.1) is 0 Å². The molecular formula is C44H88N2O6. The van der Waals surface area contributed by atoms with Crippen LogP contribution in [0, 0.1) is 0 Å². The molecule has 0 radical (unpaired) electrons. The summed E-state index contributed by atoms with van der Waals surface area (Å²) in [5.74, 6) is -0.229. The number of carbonyl (C=O) groups excluding carboxylic acids is 2. The molecule has 8 heteroatoms. The van der Waals surface area contributed by atoms with Gasteiger partial charge in [-0.2, -0.15) is 0 Å². The van der Waals surface area contributed by atoms with Crippen molar-refractivity contribution in [3.8, 4) is 0 Å². The molecule has 0 rings (SSSR count). The van der Waals surface area contributed by atoms with E-state index in [-0.39, 0.29) is 18.2 Å². The van der Waals surface area contributed by atoms with Crippen LogP contribution in [0.2, 0.25) is 0 Å². The van der Waals surface area contributed by atoms with E-state index in [1.807, 2.05) is 0 Å². The zero-order chi connectivity index (χ0) is 38.2. The third-order valence-corrected chi connectivity index (χ3v) is 10.1. The fourth-order valence-corrected chi connectivity index (χ4v) is 6.60. The zero-order valence-electron chi connectivity index (χ0n) is 35.1. The maximum atomic E-state index is 12.6. The maximum absolute atomic E-state index is 12.6. The fraction of sp³-hybridized carbons (Fsp3) is 0.955. The van der Waals surface area contributed by atoms with Crippen LogP contribution in [0.5, 0.6) is 0 Å². The minimum Gasteiger partial charge on any atom is -0.466 e. The predicted octanol–water partition coefficient (Wildman–Crippen LogP) is 11.5. The monoisotopic (exact) mass is 741 g/mol. The van der Waals surface area contributed by atoms with Gasteiger partial charge in [-0.3, -0.25) is 14.5 Å². The molecule has 0 aromatic carbocycles. The minimum absolute atomic E-state index is 0.0579. The van der Waals surface area contributed by atoms with E-state index in [4.69, 9.17) is 24.7 Å². The third-order valence-electron chi connectivity index (χ3n) is 10.1. The van der Waals surface area contributed by atoms with E-state index in [1.165, 1.54) is 109 Å². The molecule has 0 aliphatic heterocycles. The smallest absolute Gasteiger partial charge is 0.305 e. The number of hydrogen-bond acceptors (Lipinski definition) is 8. The van der Waals surface area contributed by atoms with E-state index in [0.29, 0.717) is 58.3 Å². The van der Waals surface area contributed by atoms with Crippen molar-refractivity contribution in [1.82, 2.24) is 4.90 Å². The average Bonchev–Trinajstić information content (AvgIpc) is 3.14. The maximum Gasteiger partial charge on any atom is 0.305 e. The highest BCUT2D eigenvalue weighted by Crippen LogP contribution is 2.14. The SMILES string of the molecule is CCCCCCCCCCCOC(=O)CCCCC(C)N(CCN)CCCCOC(=O)CCC(OCCCCCCCC)OCCCCCCCC. The Hall–Kier alpha value is -1.22. The van der Waals surface area contributed by atoms with Crippen LogP contribution in [0.4, 0.5) is 0 Å². The van der Waals surface area contributed by atoms with Crippen molar-refractivity contribution in [1.29, 1.82) is 0 Å². The van der Waals surface area contributed by atoms with Gasteiger partial charge in [0, 0.05) is 45.2 Å². The number of ether oxygens (including phenoxy) is 4. The summed E-state index contributed by atoms with van der Waals surface area (Å²) in [7, 11) is 0. The fourth-order valence-electron chi connectivity index (χ4n) is 6.60. The molecule has 0 aromatic rings. The van der Waals surface area contributed by atoms with Crippen LogP contribution in [0.15, 0.2) is 0 Å². The number of esters is 2. The third kappa shape index (κ3) is 35.8. The van der Waals surface area contributed by atoms with E-state index in [1.54, 1.807) is 0 Å². The number of unbranched alkanes of at least 4 members (excludes halogenated alkanes) is 20. The molecule has 52 heavy (non-hydrogen) atoms. The molecule has 0 heterocycles. The molecule has 0 spiro atoms. The number of rotatable bonds is 42. The van der Waals surface area contributed by atoms with Crippen molar-refractivity contribution in [3.05, 3.63) is 0 Å². The predicted molar refractivity (Wildman–Crippen MR) is 219 cm³/mol. The first-order chi connectivity index (χ1) is 25.5. The van der Waals surface area contributed by atoms with Crippen molar-refractivity contribution in [2.75, 3.05) is 46.1 Å². The molecule has 0 aliphatic rings. The number of nitrogens with zero attached hydrogens (tertiary/aromatic N) is 1. The highest BCUT2D eigenvalue weighted by molar-refractivity contribution is 5.69. The molecule has 0 amide bonds. The Morgan fingerprint density at radius 3 is 1.38 bits per heavy atom. The summed E-state index contributed by atoms with van der Waals surface area (Å²) >= 11 is 0. The van der Waals surface area contributed by atoms with E-state index in [2.05, 4.69) is 32.6 Å². The second kappa shape index (κ2) is 41.0. The van der Waals surface area contributed by atoms with Crippen LogP contribution in [0.1, 0.15) is 214 Å². The first kappa shape index (κ1) is 50.8. The summed E-state index contributed by atoms with van der Waals surface area (Å²) in [5, 5.41) is 0. The van der Waals surface area contributed by atoms with Gasteiger partial charge in [0.25, 0.3) is 0 Å². The van der Waals surface area contributed by atoms with Crippen LogP contribution in [-0.4, -0.2) is 75.2 Å². The lowest BCUT2D eigenvalue weighted by Crippen LogP contribution is -2.38. The Balaban J connectivity index is 4.16. The highest BCUT2D eigenvalue weighted by atomic mass is 16.7. The average molecular weight is 741 g/mol. The minimum atomic E-state index is -0.333. The van der Waals surface area contributed by atoms with Gasteiger partial charge in [0.1, 0.15) is 0 Å². The van der Waals surface area contributed by atoms with Crippen LogP contribution in [0.25, 0.3) is 0 Å². The molecule has 2 N–H and O–H groups in total. The van der Waals surface area contributed by atoms with Crippen molar-refractivity contribution in [2.24, 2.45) is 5.73 Å². The summed E-state index contributed by atoms with van der Waals surface area (Å²) in [6.45, 7) is 13.7. The molecule has 0 bridgehead atoms. The van der Waals surface area contributed by atoms with Gasteiger partial charge in [-0.25, -0.2) is 0 Å². The normalized spacial score (nSPS) is 12.2. The molecule has 0 aromatic heterocycles.